The minimum Gasteiger partial charge on any atom is -0.388 e. The van der Waals surface area contributed by atoms with Crippen LogP contribution in [0.25, 0.3) is 11.3 Å². The zero-order valence-corrected chi connectivity index (χ0v) is 12.0. The summed E-state index contributed by atoms with van der Waals surface area (Å²) in [5, 5.41) is 16.4. The Morgan fingerprint density at radius 1 is 1.45 bits per heavy atom. The van der Waals surface area contributed by atoms with Gasteiger partial charge in [0, 0.05) is 25.8 Å². The van der Waals surface area contributed by atoms with Crippen molar-refractivity contribution >= 4 is 5.91 Å². The van der Waals surface area contributed by atoms with Crippen LogP contribution in [0.2, 0.25) is 0 Å². The van der Waals surface area contributed by atoms with Crippen molar-refractivity contribution in [3.63, 3.8) is 0 Å². The molecule has 1 fully saturated rings. The molecule has 1 saturated heterocycles. The number of aliphatic hydroxyl groups excluding tert-OH is 1. The van der Waals surface area contributed by atoms with E-state index >= 15 is 0 Å². The van der Waals surface area contributed by atoms with Crippen molar-refractivity contribution in [3.8, 4) is 11.3 Å². The third-order valence-corrected chi connectivity index (χ3v) is 3.84. The molecule has 0 radical (unpaired) electrons. The Hall–Kier alpha value is -2.25. The number of benzene rings is 1. The first-order valence-corrected chi connectivity index (χ1v) is 6.90. The lowest BCUT2D eigenvalue weighted by molar-refractivity contribution is 0.0215. The van der Waals surface area contributed by atoms with Gasteiger partial charge < -0.3 is 14.7 Å². The van der Waals surface area contributed by atoms with E-state index in [4.69, 9.17) is 4.74 Å². The number of hydrogen-bond donors (Lipinski definition) is 2. The van der Waals surface area contributed by atoms with Crippen LogP contribution in [0.5, 0.6) is 0 Å². The van der Waals surface area contributed by atoms with E-state index in [1.54, 1.807) is 18.2 Å². The summed E-state index contributed by atoms with van der Waals surface area (Å²) >= 11 is 0. The van der Waals surface area contributed by atoms with Gasteiger partial charge in [-0.1, -0.05) is 12.1 Å². The molecule has 1 aliphatic heterocycles. The van der Waals surface area contributed by atoms with Crippen LogP contribution in [0.1, 0.15) is 10.4 Å². The number of nitrogens with zero attached hydrogens (tertiary/aromatic N) is 2. The summed E-state index contributed by atoms with van der Waals surface area (Å²) in [6.45, 7) is 0.470. The van der Waals surface area contributed by atoms with Gasteiger partial charge in [0.25, 0.3) is 5.91 Å². The Labute approximate surface area is 126 Å². The fourth-order valence-electron chi connectivity index (χ4n) is 2.64. The first-order chi connectivity index (χ1) is 10.6. The Morgan fingerprint density at radius 2 is 2.23 bits per heavy atom. The second-order valence-corrected chi connectivity index (χ2v) is 5.19. The number of rotatable bonds is 3. The molecule has 1 amide bonds. The Morgan fingerprint density at radius 3 is 2.91 bits per heavy atom. The van der Waals surface area contributed by atoms with Gasteiger partial charge in [-0.05, 0) is 12.1 Å². The first kappa shape index (κ1) is 14.7. The molecule has 0 bridgehead atoms. The molecule has 2 N–H and O–H groups in total. The number of H-pyrrole nitrogens is 1. The molecule has 7 heteroatoms. The lowest BCUT2D eigenvalue weighted by atomic mass is 10.1. The number of hydrogen-bond acceptors (Lipinski definition) is 4. The Bertz CT molecular complexity index is 688. The van der Waals surface area contributed by atoms with Crippen molar-refractivity contribution in [2.45, 2.75) is 12.2 Å². The van der Waals surface area contributed by atoms with E-state index in [9.17, 15) is 14.3 Å². The Kier molecular flexibility index (Phi) is 3.91. The minimum atomic E-state index is -0.724. The van der Waals surface area contributed by atoms with Crippen molar-refractivity contribution in [3.05, 3.63) is 41.8 Å². The van der Waals surface area contributed by atoms with Gasteiger partial charge in [0.2, 0.25) is 0 Å². The zero-order chi connectivity index (χ0) is 15.7. The number of methoxy groups -OCH3 is 1. The number of aliphatic hydroxyl groups is 1. The van der Waals surface area contributed by atoms with Gasteiger partial charge in [0.05, 0.1) is 23.6 Å². The van der Waals surface area contributed by atoms with Crippen LogP contribution in [-0.2, 0) is 4.74 Å². The number of carbonyl (C=O) groups excluding carboxylic acids is 1. The van der Waals surface area contributed by atoms with Crippen LogP contribution in [0.3, 0.4) is 0 Å². The average Bonchev–Trinajstić information content (AvgIpc) is 3.13. The average molecular weight is 305 g/mol. The van der Waals surface area contributed by atoms with E-state index in [2.05, 4.69) is 10.2 Å². The highest BCUT2D eigenvalue weighted by Crippen LogP contribution is 2.26. The number of nitrogens with one attached hydrogen (secondary N) is 1. The molecule has 6 nitrogen and oxygen atoms in total. The molecule has 0 spiro atoms. The van der Waals surface area contributed by atoms with Crippen molar-refractivity contribution < 1.29 is 19.0 Å². The van der Waals surface area contributed by atoms with Crippen molar-refractivity contribution in [1.29, 1.82) is 0 Å². The number of likely N-dealkylation sites (tertiary alicyclic amines) is 1. The number of amides is 1. The van der Waals surface area contributed by atoms with E-state index in [0.717, 1.165) is 0 Å². The predicted octanol–water partition coefficient (Wildman–Crippen LogP) is 1.05. The van der Waals surface area contributed by atoms with Crippen LogP contribution in [-0.4, -0.2) is 58.5 Å². The summed E-state index contributed by atoms with van der Waals surface area (Å²) in [7, 11) is 1.49. The maximum atomic E-state index is 13.9. The van der Waals surface area contributed by atoms with Crippen molar-refractivity contribution in [1.82, 2.24) is 15.1 Å². The lowest BCUT2D eigenvalue weighted by Gasteiger charge is -2.15. The molecular weight excluding hydrogens is 289 g/mol. The van der Waals surface area contributed by atoms with Crippen LogP contribution in [0, 0.1) is 5.82 Å². The van der Waals surface area contributed by atoms with Gasteiger partial charge >= 0.3 is 0 Å². The monoisotopic (exact) mass is 305 g/mol. The summed E-state index contributed by atoms with van der Waals surface area (Å²) in [6, 6.07) is 6.17. The maximum absolute atomic E-state index is 13.9. The molecule has 116 valence electrons. The fourth-order valence-corrected chi connectivity index (χ4v) is 2.64. The normalized spacial score (nSPS) is 21.3. The minimum absolute atomic E-state index is 0.180. The molecular formula is C15H16FN3O3. The second kappa shape index (κ2) is 5.86. The number of halogens is 1. The SMILES string of the molecule is CO[C@H]1CN(C(=O)c2cn[nH]c2-c2ccccc2F)C[C@@H]1O. The van der Waals surface area contributed by atoms with Crippen LogP contribution < -0.4 is 0 Å². The molecule has 22 heavy (non-hydrogen) atoms. The molecule has 1 aliphatic rings. The molecule has 1 aromatic carbocycles. The molecule has 2 heterocycles. The number of carbonyl (C=O) groups is 1. The maximum Gasteiger partial charge on any atom is 0.257 e. The lowest BCUT2D eigenvalue weighted by Crippen LogP contribution is -2.30. The van der Waals surface area contributed by atoms with E-state index < -0.39 is 18.0 Å². The molecule has 2 atom stereocenters. The van der Waals surface area contributed by atoms with E-state index in [1.165, 1.54) is 24.3 Å². The molecule has 1 aromatic heterocycles. The first-order valence-electron chi connectivity index (χ1n) is 6.90. The fraction of sp³-hybridized carbons (Fsp3) is 0.333. The van der Waals surface area contributed by atoms with Crippen LogP contribution in [0.15, 0.2) is 30.5 Å². The molecule has 3 rings (SSSR count). The van der Waals surface area contributed by atoms with E-state index in [1.807, 2.05) is 0 Å². The van der Waals surface area contributed by atoms with Gasteiger partial charge in [0.15, 0.2) is 0 Å². The smallest absolute Gasteiger partial charge is 0.257 e. The summed E-state index contributed by atoms with van der Waals surface area (Å²) in [5.74, 6) is -0.748. The van der Waals surface area contributed by atoms with Crippen LogP contribution >= 0.6 is 0 Å². The van der Waals surface area contributed by atoms with E-state index in [-0.39, 0.29) is 23.6 Å². The number of β-amino-alcohol motifs (C(OH)–C–C–N with tert-alkyl or cyclic N) is 1. The quantitative estimate of drug-likeness (QED) is 0.888. The molecule has 2 aromatic rings. The van der Waals surface area contributed by atoms with Gasteiger partial charge in [-0.15, -0.1) is 0 Å². The van der Waals surface area contributed by atoms with Gasteiger partial charge in [0.1, 0.15) is 11.9 Å². The molecule has 0 aliphatic carbocycles. The topological polar surface area (TPSA) is 78.5 Å². The summed E-state index contributed by atoms with van der Waals surface area (Å²) in [5.41, 5.74) is 0.888. The highest BCUT2D eigenvalue weighted by Gasteiger charge is 2.35. The zero-order valence-electron chi connectivity index (χ0n) is 12.0. The third-order valence-electron chi connectivity index (χ3n) is 3.84. The summed E-state index contributed by atoms with van der Waals surface area (Å²) < 4.78 is 19.0. The standard InChI is InChI=1S/C15H16FN3O3/c1-22-13-8-19(7-12(13)20)15(21)10-6-17-18-14(10)9-4-2-3-5-11(9)16/h2-6,12-13,20H,7-8H2,1H3,(H,17,18)/t12-,13-/m0/s1. The number of ether oxygens (including phenoxy) is 1. The van der Waals surface area contributed by atoms with Crippen molar-refractivity contribution in [2.75, 3.05) is 20.2 Å². The molecule has 0 saturated carbocycles. The van der Waals surface area contributed by atoms with E-state index in [0.29, 0.717) is 12.2 Å². The largest absolute Gasteiger partial charge is 0.388 e. The number of aromatic nitrogens is 2. The predicted molar refractivity (Wildman–Crippen MR) is 76.7 cm³/mol. The summed E-state index contributed by atoms with van der Waals surface area (Å²) in [6.07, 6.45) is 0.238. The summed E-state index contributed by atoms with van der Waals surface area (Å²) in [4.78, 5) is 14.1. The highest BCUT2D eigenvalue weighted by atomic mass is 19.1. The number of aromatic amines is 1. The van der Waals surface area contributed by atoms with Crippen LogP contribution in [0.4, 0.5) is 4.39 Å². The highest BCUT2D eigenvalue weighted by molar-refractivity contribution is 6.00. The van der Waals surface area contributed by atoms with Gasteiger partial charge in [-0.25, -0.2) is 4.39 Å². The van der Waals surface area contributed by atoms with Gasteiger partial charge in [-0.2, -0.15) is 5.10 Å². The molecule has 0 unspecified atom stereocenters. The second-order valence-electron chi connectivity index (χ2n) is 5.19. The third kappa shape index (κ3) is 2.49. The Balaban J connectivity index is 1.90. The van der Waals surface area contributed by atoms with Gasteiger partial charge in [-0.3, -0.25) is 9.89 Å². The van der Waals surface area contributed by atoms with Crippen molar-refractivity contribution in [2.24, 2.45) is 0 Å².